The lowest BCUT2D eigenvalue weighted by Crippen LogP contribution is -2.40. The van der Waals surface area contributed by atoms with Crippen molar-refractivity contribution >= 4 is 29.6 Å². The number of amidine groups is 1. The molecule has 1 amide bonds. The number of dihydropyridines is 1. The predicted octanol–water partition coefficient (Wildman–Crippen LogP) is 1.11. The molecule has 8 nitrogen and oxygen atoms in total. The van der Waals surface area contributed by atoms with Gasteiger partial charge in [-0.3, -0.25) is 10.2 Å². The first-order valence-electron chi connectivity index (χ1n) is 8.56. The molecule has 3 heterocycles. The van der Waals surface area contributed by atoms with Gasteiger partial charge < -0.3 is 26.6 Å². The highest BCUT2D eigenvalue weighted by atomic mass is 35.5. The Kier molecular flexibility index (Phi) is 5.50. The molecule has 0 radical (unpaired) electrons. The summed E-state index contributed by atoms with van der Waals surface area (Å²) >= 11 is 6.52. The van der Waals surface area contributed by atoms with E-state index in [1.807, 2.05) is 6.92 Å². The van der Waals surface area contributed by atoms with Gasteiger partial charge in [-0.2, -0.15) is 0 Å². The van der Waals surface area contributed by atoms with Gasteiger partial charge in [-0.15, -0.1) is 0 Å². The van der Waals surface area contributed by atoms with Crippen LogP contribution in [0.2, 0.25) is 0 Å². The van der Waals surface area contributed by atoms with Crippen LogP contribution in [-0.4, -0.2) is 42.0 Å². The van der Waals surface area contributed by atoms with Gasteiger partial charge in [0.25, 0.3) is 5.91 Å². The maximum absolute atomic E-state index is 13.1. The Balaban J connectivity index is 1.88. The Hall–Kier alpha value is -2.81. The number of aliphatic imine (C=N–C) groups is 1. The Morgan fingerprint density at radius 3 is 2.74 bits per heavy atom. The van der Waals surface area contributed by atoms with Gasteiger partial charge in [0.2, 0.25) is 0 Å². The molecule has 0 spiro atoms. The van der Waals surface area contributed by atoms with E-state index in [2.05, 4.69) is 25.8 Å². The van der Waals surface area contributed by atoms with Crippen LogP contribution in [0.3, 0.4) is 0 Å². The van der Waals surface area contributed by atoms with Gasteiger partial charge in [-0.05, 0) is 19.8 Å². The monoisotopic (exact) mass is 393 g/mol. The van der Waals surface area contributed by atoms with Gasteiger partial charge in [0.05, 0.1) is 28.7 Å². The quantitative estimate of drug-likeness (QED) is 0.278. The number of nitrogens with one attached hydrogen (secondary N) is 4. The summed E-state index contributed by atoms with van der Waals surface area (Å²) in [6.45, 7) is 3.63. The minimum Gasteiger partial charge on any atom is -0.383 e. The lowest BCUT2D eigenvalue weighted by Gasteiger charge is -2.31. The van der Waals surface area contributed by atoms with E-state index in [0.29, 0.717) is 10.7 Å². The standard InChI is InChI=1S/C17H21ClFN7O/c1-9-13(18)14(26-4-2-3-5-26)11(8-22-9)25-17(27)12(15(20)21)16-23-6-10(19)7-24-16/h6-9,22-23H,2-5H2,1H3,(H3,20,21)(H,25,27). The maximum atomic E-state index is 13.1. The van der Waals surface area contributed by atoms with Gasteiger partial charge in [0.15, 0.2) is 5.83 Å². The highest BCUT2D eigenvalue weighted by Crippen LogP contribution is 2.29. The third kappa shape index (κ3) is 3.97. The molecular weight excluding hydrogens is 373 g/mol. The maximum Gasteiger partial charge on any atom is 0.263 e. The fraction of sp³-hybridized carbons (Fsp3) is 0.353. The van der Waals surface area contributed by atoms with Crippen molar-refractivity contribution in [1.82, 2.24) is 20.9 Å². The fourth-order valence-corrected chi connectivity index (χ4v) is 3.34. The molecule has 1 atom stereocenters. The number of halogens is 2. The van der Waals surface area contributed by atoms with Crippen molar-refractivity contribution in [2.75, 3.05) is 13.1 Å². The van der Waals surface area contributed by atoms with E-state index in [9.17, 15) is 9.18 Å². The average Bonchev–Trinajstić information content (AvgIpc) is 3.14. The molecule has 144 valence electrons. The molecule has 3 aliphatic rings. The summed E-state index contributed by atoms with van der Waals surface area (Å²) in [5.41, 5.74) is 6.63. The van der Waals surface area contributed by atoms with E-state index in [1.54, 1.807) is 6.20 Å². The van der Waals surface area contributed by atoms with Gasteiger partial charge in [0.1, 0.15) is 17.2 Å². The third-order valence-electron chi connectivity index (χ3n) is 4.41. The van der Waals surface area contributed by atoms with Crippen LogP contribution in [-0.2, 0) is 4.79 Å². The van der Waals surface area contributed by atoms with E-state index >= 15 is 0 Å². The second-order valence-electron chi connectivity index (χ2n) is 6.36. The summed E-state index contributed by atoms with van der Waals surface area (Å²) in [4.78, 5) is 18.7. The Morgan fingerprint density at radius 2 is 2.15 bits per heavy atom. The van der Waals surface area contributed by atoms with Crippen LogP contribution in [0.15, 0.2) is 51.0 Å². The highest BCUT2D eigenvalue weighted by Gasteiger charge is 2.29. The first-order chi connectivity index (χ1) is 12.9. The Labute approximate surface area is 161 Å². The van der Waals surface area contributed by atoms with Gasteiger partial charge >= 0.3 is 0 Å². The largest absolute Gasteiger partial charge is 0.383 e. The van der Waals surface area contributed by atoms with Gasteiger partial charge in [-0.25, -0.2) is 9.38 Å². The van der Waals surface area contributed by atoms with Crippen LogP contribution < -0.4 is 21.7 Å². The van der Waals surface area contributed by atoms with E-state index in [1.165, 1.54) is 0 Å². The van der Waals surface area contributed by atoms with Crippen LogP contribution in [0.25, 0.3) is 0 Å². The van der Waals surface area contributed by atoms with Crippen LogP contribution in [0.1, 0.15) is 19.8 Å². The Morgan fingerprint density at radius 1 is 1.44 bits per heavy atom. The van der Waals surface area contributed by atoms with Crippen molar-refractivity contribution in [2.45, 2.75) is 25.8 Å². The van der Waals surface area contributed by atoms with Crippen molar-refractivity contribution in [3.05, 3.63) is 46.0 Å². The second kappa shape index (κ2) is 7.83. The van der Waals surface area contributed by atoms with E-state index in [0.717, 1.165) is 44.0 Å². The number of carbonyl (C=O) groups is 1. The van der Waals surface area contributed by atoms with E-state index in [-0.39, 0.29) is 17.4 Å². The number of hydrogen-bond acceptors (Lipinski definition) is 6. The lowest BCUT2D eigenvalue weighted by molar-refractivity contribution is -0.116. The smallest absolute Gasteiger partial charge is 0.263 e. The lowest BCUT2D eigenvalue weighted by atomic mass is 10.1. The SMILES string of the molecule is CC1NC=C(NC(=O)C(C(=N)N)=C2N=CC(F)=CN2)C(N2CCCC2)=C1Cl. The summed E-state index contributed by atoms with van der Waals surface area (Å²) in [5.74, 6) is -1.72. The highest BCUT2D eigenvalue weighted by molar-refractivity contribution is 6.31. The molecule has 27 heavy (non-hydrogen) atoms. The Bertz CT molecular complexity index is 821. The van der Waals surface area contributed by atoms with Gasteiger partial charge in [-0.1, -0.05) is 11.6 Å². The number of nitrogens with two attached hydrogens (primary N) is 1. The van der Waals surface area contributed by atoms with E-state index < -0.39 is 17.6 Å². The summed E-state index contributed by atoms with van der Waals surface area (Å²) in [6.07, 6.45) is 5.76. The van der Waals surface area contributed by atoms with Crippen molar-refractivity contribution in [2.24, 2.45) is 10.7 Å². The number of nitrogens with zero attached hydrogens (tertiary/aromatic N) is 2. The third-order valence-corrected chi connectivity index (χ3v) is 4.91. The number of likely N-dealkylation sites (tertiary alicyclic amines) is 1. The summed E-state index contributed by atoms with van der Waals surface area (Å²) in [5, 5.41) is 16.7. The van der Waals surface area contributed by atoms with Crippen molar-refractivity contribution in [3.8, 4) is 0 Å². The van der Waals surface area contributed by atoms with Crippen LogP contribution in [0.5, 0.6) is 0 Å². The predicted molar refractivity (Wildman–Crippen MR) is 102 cm³/mol. The normalized spacial score (nSPS) is 24.0. The molecule has 0 bridgehead atoms. The fourth-order valence-electron chi connectivity index (χ4n) is 3.06. The molecule has 0 saturated carbocycles. The zero-order chi connectivity index (χ0) is 19.6. The second-order valence-corrected chi connectivity index (χ2v) is 6.77. The summed E-state index contributed by atoms with van der Waals surface area (Å²) < 4.78 is 13.1. The molecule has 0 aromatic rings. The molecule has 0 aromatic heterocycles. The molecule has 3 aliphatic heterocycles. The van der Waals surface area contributed by atoms with Crippen LogP contribution in [0.4, 0.5) is 4.39 Å². The molecule has 1 unspecified atom stereocenters. The minimum atomic E-state index is -0.637. The first kappa shape index (κ1) is 19.0. The number of amides is 1. The zero-order valence-corrected chi connectivity index (χ0v) is 15.5. The molecule has 0 aromatic carbocycles. The molecule has 10 heteroatoms. The number of hydrogen-bond donors (Lipinski definition) is 5. The van der Waals surface area contributed by atoms with E-state index in [4.69, 9.17) is 22.7 Å². The minimum absolute atomic E-state index is 0.00284. The summed E-state index contributed by atoms with van der Waals surface area (Å²) in [7, 11) is 0. The average molecular weight is 394 g/mol. The summed E-state index contributed by atoms with van der Waals surface area (Å²) in [6, 6.07) is -0.0775. The molecule has 0 aliphatic carbocycles. The number of allylic oxidation sites excluding steroid dienone is 1. The van der Waals surface area contributed by atoms with Crippen molar-refractivity contribution in [1.29, 1.82) is 5.41 Å². The van der Waals surface area contributed by atoms with Crippen molar-refractivity contribution in [3.63, 3.8) is 0 Å². The molecule has 1 saturated heterocycles. The first-order valence-corrected chi connectivity index (χ1v) is 8.93. The number of rotatable bonds is 4. The molecular formula is C17H21ClFN7O. The van der Waals surface area contributed by atoms with Crippen molar-refractivity contribution < 1.29 is 9.18 Å². The zero-order valence-electron chi connectivity index (χ0n) is 14.8. The topological polar surface area (TPSA) is 119 Å². The van der Waals surface area contributed by atoms with Crippen LogP contribution >= 0.6 is 11.6 Å². The molecule has 6 N–H and O–H groups in total. The van der Waals surface area contributed by atoms with Crippen LogP contribution in [0, 0.1) is 5.41 Å². The van der Waals surface area contributed by atoms with Gasteiger partial charge in [0, 0.05) is 25.5 Å². The molecule has 1 fully saturated rings. The molecule has 3 rings (SSSR count). The number of carbonyl (C=O) groups excluding carboxylic acids is 1.